The molecule has 1 aromatic heterocycles. The summed E-state index contributed by atoms with van der Waals surface area (Å²) in [5, 5.41) is 0.707. The number of rotatable bonds is 6. The number of carbonyl (C=O) groups is 1. The summed E-state index contributed by atoms with van der Waals surface area (Å²) in [5.74, 6) is 2.07. The standard InChI is InChI=1S/C25H30N6O3/c1-29(2)18-8-5-17(6-9-18)7-10-23(32)30-11-13-31(14-12-30)25-27-20-16-22(34-4)21(33-3)15-19(20)24(26)28-25/h5-10,15-16H,11-14H2,1-4H3,(H2,26,27,28)/b10-7+. The van der Waals surface area contributed by atoms with Gasteiger partial charge in [0.1, 0.15) is 5.82 Å². The van der Waals surface area contributed by atoms with Gasteiger partial charge in [-0.05, 0) is 29.8 Å². The Hall–Kier alpha value is -4.01. The number of hydrogen-bond acceptors (Lipinski definition) is 8. The number of carbonyl (C=O) groups excluding carboxylic acids is 1. The Morgan fingerprint density at radius 3 is 2.26 bits per heavy atom. The lowest BCUT2D eigenvalue weighted by Gasteiger charge is -2.34. The molecule has 34 heavy (non-hydrogen) atoms. The summed E-state index contributed by atoms with van der Waals surface area (Å²) in [6.45, 7) is 2.40. The lowest BCUT2D eigenvalue weighted by molar-refractivity contribution is -0.126. The molecule has 2 N–H and O–H groups in total. The number of nitrogen functional groups attached to an aromatic ring is 1. The zero-order valence-electron chi connectivity index (χ0n) is 20.0. The molecule has 1 fully saturated rings. The van der Waals surface area contributed by atoms with E-state index in [0.29, 0.717) is 60.3 Å². The van der Waals surface area contributed by atoms with E-state index in [1.165, 1.54) is 0 Å². The molecule has 0 saturated carbocycles. The van der Waals surface area contributed by atoms with Crippen molar-refractivity contribution < 1.29 is 14.3 Å². The fourth-order valence-corrected chi connectivity index (χ4v) is 3.89. The van der Waals surface area contributed by atoms with E-state index in [9.17, 15) is 4.79 Å². The third-order valence-corrected chi connectivity index (χ3v) is 5.92. The van der Waals surface area contributed by atoms with Gasteiger partial charge in [-0.2, -0.15) is 4.98 Å². The van der Waals surface area contributed by atoms with Crippen LogP contribution in [0.2, 0.25) is 0 Å². The van der Waals surface area contributed by atoms with Gasteiger partial charge in [-0.25, -0.2) is 4.98 Å². The van der Waals surface area contributed by atoms with Crippen molar-refractivity contribution in [1.82, 2.24) is 14.9 Å². The van der Waals surface area contributed by atoms with Crippen LogP contribution in [0.3, 0.4) is 0 Å². The molecule has 2 aromatic carbocycles. The Morgan fingerprint density at radius 1 is 1.00 bits per heavy atom. The summed E-state index contributed by atoms with van der Waals surface area (Å²) in [7, 11) is 7.16. The van der Waals surface area contributed by atoms with Gasteiger partial charge in [-0.1, -0.05) is 12.1 Å². The van der Waals surface area contributed by atoms with E-state index < -0.39 is 0 Å². The van der Waals surface area contributed by atoms with Crippen LogP contribution in [0.15, 0.2) is 42.5 Å². The van der Waals surface area contributed by atoms with Gasteiger partial charge in [-0.15, -0.1) is 0 Å². The fourth-order valence-electron chi connectivity index (χ4n) is 3.89. The van der Waals surface area contributed by atoms with Crippen molar-refractivity contribution in [3.05, 3.63) is 48.0 Å². The molecule has 1 aliphatic heterocycles. The number of anilines is 3. The summed E-state index contributed by atoms with van der Waals surface area (Å²) in [6, 6.07) is 11.6. The molecule has 0 aliphatic carbocycles. The minimum absolute atomic E-state index is 0.00730. The molecule has 4 rings (SSSR count). The number of nitrogens with two attached hydrogens (primary N) is 1. The number of nitrogens with zero attached hydrogens (tertiary/aromatic N) is 5. The minimum Gasteiger partial charge on any atom is -0.493 e. The van der Waals surface area contributed by atoms with Gasteiger partial charge in [0.2, 0.25) is 11.9 Å². The quantitative estimate of drug-likeness (QED) is 0.559. The van der Waals surface area contributed by atoms with E-state index in [2.05, 4.69) is 9.97 Å². The predicted molar refractivity (Wildman–Crippen MR) is 136 cm³/mol. The first-order valence-corrected chi connectivity index (χ1v) is 11.1. The first kappa shape index (κ1) is 23.2. The normalized spacial score (nSPS) is 14.0. The van der Waals surface area contributed by atoms with Crippen molar-refractivity contribution in [3.8, 4) is 11.5 Å². The minimum atomic E-state index is -0.00730. The lowest BCUT2D eigenvalue weighted by Crippen LogP contribution is -2.48. The van der Waals surface area contributed by atoms with Gasteiger partial charge < -0.3 is 29.9 Å². The largest absolute Gasteiger partial charge is 0.493 e. The van der Waals surface area contributed by atoms with E-state index in [4.69, 9.17) is 15.2 Å². The highest BCUT2D eigenvalue weighted by atomic mass is 16.5. The van der Waals surface area contributed by atoms with Crippen LogP contribution in [0.25, 0.3) is 17.0 Å². The highest BCUT2D eigenvalue weighted by Crippen LogP contribution is 2.34. The number of amides is 1. The van der Waals surface area contributed by atoms with E-state index in [1.807, 2.05) is 59.1 Å². The molecular formula is C25H30N6O3. The summed E-state index contributed by atoms with van der Waals surface area (Å²) in [5.41, 5.74) is 9.02. The number of piperazine rings is 1. The van der Waals surface area contributed by atoms with Crippen molar-refractivity contribution in [3.63, 3.8) is 0 Å². The van der Waals surface area contributed by atoms with Gasteiger partial charge in [0, 0.05) is 63.5 Å². The van der Waals surface area contributed by atoms with Crippen LogP contribution in [0.5, 0.6) is 11.5 Å². The van der Waals surface area contributed by atoms with Crippen molar-refractivity contribution in [2.45, 2.75) is 0 Å². The molecule has 9 heteroatoms. The van der Waals surface area contributed by atoms with E-state index >= 15 is 0 Å². The van der Waals surface area contributed by atoms with E-state index in [1.54, 1.807) is 32.4 Å². The third-order valence-electron chi connectivity index (χ3n) is 5.92. The smallest absolute Gasteiger partial charge is 0.246 e. The molecular weight excluding hydrogens is 432 g/mol. The monoisotopic (exact) mass is 462 g/mol. The maximum Gasteiger partial charge on any atom is 0.246 e. The van der Waals surface area contributed by atoms with E-state index in [0.717, 1.165) is 11.3 Å². The molecule has 178 valence electrons. The molecule has 9 nitrogen and oxygen atoms in total. The molecule has 0 atom stereocenters. The molecule has 0 unspecified atom stereocenters. The van der Waals surface area contributed by atoms with Crippen molar-refractivity contribution in [2.24, 2.45) is 0 Å². The molecule has 3 aromatic rings. The Kier molecular flexibility index (Phi) is 6.72. The van der Waals surface area contributed by atoms with Crippen LogP contribution in [0, 0.1) is 0 Å². The van der Waals surface area contributed by atoms with Gasteiger partial charge >= 0.3 is 0 Å². The summed E-state index contributed by atoms with van der Waals surface area (Å²) in [6.07, 6.45) is 3.48. The number of aromatic nitrogens is 2. The number of methoxy groups -OCH3 is 2. The van der Waals surface area contributed by atoms with Gasteiger partial charge in [0.15, 0.2) is 11.5 Å². The summed E-state index contributed by atoms with van der Waals surface area (Å²) < 4.78 is 10.7. The maximum atomic E-state index is 12.7. The van der Waals surface area contributed by atoms with Crippen molar-refractivity contribution in [1.29, 1.82) is 0 Å². The molecule has 2 heterocycles. The second kappa shape index (κ2) is 9.86. The summed E-state index contributed by atoms with van der Waals surface area (Å²) >= 11 is 0. The molecule has 1 aliphatic rings. The highest BCUT2D eigenvalue weighted by molar-refractivity contribution is 5.93. The van der Waals surface area contributed by atoms with Crippen molar-refractivity contribution >= 4 is 40.3 Å². The van der Waals surface area contributed by atoms with Crippen LogP contribution in [-0.2, 0) is 4.79 Å². The first-order valence-electron chi connectivity index (χ1n) is 11.1. The first-order chi connectivity index (χ1) is 16.4. The molecule has 1 amide bonds. The average Bonchev–Trinajstić information content (AvgIpc) is 2.86. The fraction of sp³-hybridized carbons (Fsp3) is 0.320. The van der Waals surface area contributed by atoms with E-state index in [-0.39, 0.29) is 5.91 Å². The number of ether oxygens (including phenoxy) is 2. The SMILES string of the molecule is COc1cc2nc(N3CCN(C(=O)/C=C/c4ccc(N(C)C)cc4)CC3)nc(N)c2cc1OC. The Morgan fingerprint density at radius 2 is 1.65 bits per heavy atom. The number of hydrogen-bond donors (Lipinski definition) is 1. The van der Waals surface area contributed by atoms with Crippen LogP contribution < -0.4 is 25.0 Å². The van der Waals surface area contributed by atoms with Crippen molar-refractivity contribution in [2.75, 3.05) is 70.0 Å². The second-order valence-corrected chi connectivity index (χ2v) is 8.26. The Bertz CT molecular complexity index is 1200. The van der Waals surface area contributed by atoms with Gasteiger partial charge in [-0.3, -0.25) is 4.79 Å². The highest BCUT2D eigenvalue weighted by Gasteiger charge is 2.22. The second-order valence-electron chi connectivity index (χ2n) is 8.26. The topological polar surface area (TPSA) is 97.1 Å². The molecule has 1 saturated heterocycles. The van der Waals surface area contributed by atoms with Crippen LogP contribution >= 0.6 is 0 Å². The Balaban J connectivity index is 1.42. The maximum absolute atomic E-state index is 12.7. The predicted octanol–water partition coefficient (Wildman–Crippen LogP) is 2.66. The van der Waals surface area contributed by atoms with Crippen LogP contribution in [0.1, 0.15) is 5.56 Å². The lowest BCUT2D eigenvalue weighted by atomic mass is 10.2. The molecule has 0 bridgehead atoms. The molecule has 0 radical (unpaired) electrons. The van der Waals surface area contributed by atoms with Crippen LogP contribution in [-0.4, -0.2) is 75.3 Å². The number of fused-ring (bicyclic) bond motifs is 1. The summed E-state index contributed by atoms with van der Waals surface area (Å²) in [4.78, 5) is 27.8. The average molecular weight is 463 g/mol. The van der Waals surface area contributed by atoms with Gasteiger partial charge in [0.05, 0.1) is 19.7 Å². The van der Waals surface area contributed by atoms with Crippen LogP contribution in [0.4, 0.5) is 17.5 Å². The Labute approximate surface area is 199 Å². The zero-order chi connectivity index (χ0) is 24.2. The molecule has 0 spiro atoms. The zero-order valence-corrected chi connectivity index (χ0v) is 20.0. The number of benzene rings is 2. The third kappa shape index (κ3) is 4.83. The van der Waals surface area contributed by atoms with Gasteiger partial charge in [0.25, 0.3) is 0 Å².